The topological polar surface area (TPSA) is 146 Å². The van der Waals surface area contributed by atoms with E-state index in [1.807, 2.05) is 0 Å². The number of hydrogen-bond acceptors (Lipinski definition) is 8. The Hall–Kier alpha value is -3.46. The Morgan fingerprint density at radius 2 is 1.11 bits per heavy atom. The van der Waals surface area contributed by atoms with Crippen LogP contribution < -0.4 is 0 Å². The second kappa shape index (κ2) is 9.38. The molecule has 11 heteroatoms. The van der Waals surface area contributed by atoms with Gasteiger partial charge in [-0.3, -0.25) is 19.5 Å². The predicted molar refractivity (Wildman–Crippen MR) is 134 cm³/mol. The summed E-state index contributed by atoms with van der Waals surface area (Å²) >= 11 is 12.8. The number of halogens is 2. The zero-order valence-electron chi connectivity index (χ0n) is 19.3. The Morgan fingerprint density at radius 1 is 0.737 bits per heavy atom. The second-order valence-electron chi connectivity index (χ2n) is 8.55. The summed E-state index contributed by atoms with van der Waals surface area (Å²) in [7, 11) is 0. The van der Waals surface area contributed by atoms with Crippen molar-refractivity contribution in [2.24, 2.45) is 0 Å². The first kappa shape index (κ1) is 27.6. The molecule has 4 rings (SSSR count). The van der Waals surface area contributed by atoms with Gasteiger partial charge in [0, 0.05) is 16.7 Å². The van der Waals surface area contributed by atoms with E-state index in [4.69, 9.17) is 34.5 Å². The summed E-state index contributed by atoms with van der Waals surface area (Å²) in [6, 6.07) is 19.9. The van der Waals surface area contributed by atoms with E-state index in [-0.39, 0.29) is 11.1 Å². The highest BCUT2D eigenvalue weighted by Gasteiger charge is 2.94. The molecule has 1 unspecified atom stereocenters. The van der Waals surface area contributed by atoms with Gasteiger partial charge in [-0.05, 0) is 0 Å². The first-order valence-electron chi connectivity index (χ1n) is 11.0. The summed E-state index contributed by atoms with van der Waals surface area (Å²) in [5.41, 5.74) is -8.90. The molecule has 194 valence electrons. The lowest BCUT2D eigenvalue weighted by atomic mass is 9.68. The van der Waals surface area contributed by atoms with E-state index in [1.54, 1.807) is 0 Å². The molecule has 3 aromatic carbocycles. The Morgan fingerprint density at radius 3 is 1.50 bits per heavy atom. The first-order valence-corrected chi connectivity index (χ1v) is 11.7. The van der Waals surface area contributed by atoms with Gasteiger partial charge in [0.1, 0.15) is 0 Å². The minimum Gasteiger partial charge on any atom is -0.374 e. The second-order valence-corrected chi connectivity index (χ2v) is 9.63. The van der Waals surface area contributed by atoms with Crippen molar-refractivity contribution in [3.63, 3.8) is 0 Å². The van der Waals surface area contributed by atoms with E-state index in [1.165, 1.54) is 66.7 Å². The van der Waals surface area contributed by atoms with Crippen molar-refractivity contribution in [3.8, 4) is 0 Å². The third-order valence-electron chi connectivity index (χ3n) is 6.39. The standard InChI is InChI=1S/C27H19Cl2NO8/c1-30-27(37)24(35,21(32)18-13-7-3-8-14-18)23(34,20(31)17-11-5-2-6-12-17)26(29,38-27)25(28,36)22(33)19-15-9-4-10-16-19/h2-16,34-37H/t23-,24+,25?,26-,27-/m0/s1. The van der Waals surface area contributed by atoms with Crippen molar-refractivity contribution in [1.29, 1.82) is 0 Å². The molecule has 0 spiro atoms. The van der Waals surface area contributed by atoms with Crippen LogP contribution in [0, 0.1) is 6.57 Å². The normalized spacial score (nSPS) is 30.1. The van der Waals surface area contributed by atoms with E-state index < -0.39 is 50.1 Å². The smallest absolute Gasteiger partial charge is 0.374 e. The zero-order chi connectivity index (χ0) is 28.0. The summed E-state index contributed by atoms with van der Waals surface area (Å²) in [6.45, 7) is 7.53. The van der Waals surface area contributed by atoms with E-state index >= 15 is 0 Å². The van der Waals surface area contributed by atoms with Gasteiger partial charge in [0.2, 0.25) is 33.1 Å². The molecule has 3 aromatic rings. The lowest BCUT2D eigenvalue weighted by Crippen LogP contribution is -2.76. The molecule has 0 amide bonds. The number of benzene rings is 3. The molecule has 1 heterocycles. The van der Waals surface area contributed by atoms with Gasteiger partial charge in [0.15, 0.2) is 0 Å². The number of alkyl halides is 2. The third kappa shape index (κ3) is 3.55. The van der Waals surface area contributed by atoms with Crippen molar-refractivity contribution >= 4 is 40.6 Å². The number of carbonyl (C=O) groups is 3. The van der Waals surface area contributed by atoms with Crippen LogP contribution >= 0.6 is 23.2 Å². The van der Waals surface area contributed by atoms with Gasteiger partial charge in [-0.25, -0.2) is 16.2 Å². The van der Waals surface area contributed by atoms with Crippen LogP contribution in [-0.2, 0) is 4.74 Å². The molecular formula is C27H19Cl2NO8. The van der Waals surface area contributed by atoms with Crippen molar-refractivity contribution in [1.82, 2.24) is 0 Å². The van der Waals surface area contributed by atoms with Gasteiger partial charge in [0.05, 0.1) is 0 Å². The highest BCUT2D eigenvalue weighted by molar-refractivity contribution is 6.45. The van der Waals surface area contributed by atoms with Crippen molar-refractivity contribution in [2.45, 2.75) is 27.2 Å². The van der Waals surface area contributed by atoms with Crippen LogP contribution in [0.15, 0.2) is 91.0 Å². The molecule has 1 saturated heterocycles. The van der Waals surface area contributed by atoms with Gasteiger partial charge < -0.3 is 15.3 Å². The number of carbonyl (C=O) groups excluding carboxylic acids is 3. The fourth-order valence-electron chi connectivity index (χ4n) is 4.37. The lowest BCUT2D eigenvalue weighted by molar-refractivity contribution is -0.233. The Labute approximate surface area is 226 Å². The van der Waals surface area contributed by atoms with Crippen LogP contribution in [0.4, 0.5) is 0 Å². The van der Waals surface area contributed by atoms with Crippen LogP contribution in [0.3, 0.4) is 0 Å². The fraction of sp³-hybridized carbons (Fsp3) is 0.185. The maximum atomic E-state index is 13.9. The highest BCUT2D eigenvalue weighted by atomic mass is 35.5. The van der Waals surface area contributed by atoms with Crippen LogP contribution in [0.5, 0.6) is 0 Å². The average Bonchev–Trinajstić information content (AvgIpc) is 3.10. The Bertz CT molecular complexity index is 1450. The van der Waals surface area contributed by atoms with Gasteiger partial charge in [-0.2, -0.15) is 0 Å². The minimum absolute atomic E-state index is 0.278. The summed E-state index contributed by atoms with van der Waals surface area (Å²) < 4.78 is 5.13. The average molecular weight is 556 g/mol. The van der Waals surface area contributed by atoms with Gasteiger partial charge >= 0.3 is 11.5 Å². The summed E-state index contributed by atoms with van der Waals surface area (Å²) in [4.78, 5) is 43.8. The molecule has 0 aliphatic carbocycles. The summed E-state index contributed by atoms with van der Waals surface area (Å²) in [5, 5.41) is 39.2. The Balaban J connectivity index is 2.06. The number of ketones is 3. The number of Topliss-reactive ketones (excluding diaryl/α,β-unsaturated/α-hetero) is 3. The molecule has 1 fully saturated rings. The van der Waals surface area contributed by atoms with Gasteiger partial charge in [0.25, 0.3) is 0 Å². The number of rotatable bonds is 7. The molecular weight excluding hydrogens is 537 g/mol. The summed E-state index contributed by atoms with van der Waals surface area (Å²) in [6.07, 6.45) is 0. The van der Waals surface area contributed by atoms with Crippen LogP contribution in [-0.4, -0.2) is 65.0 Å². The van der Waals surface area contributed by atoms with E-state index in [9.17, 15) is 34.8 Å². The van der Waals surface area contributed by atoms with Crippen LogP contribution in [0.25, 0.3) is 4.85 Å². The van der Waals surface area contributed by atoms with E-state index in [2.05, 4.69) is 4.85 Å². The molecule has 4 N–H and O–H groups in total. The van der Waals surface area contributed by atoms with E-state index in [0.29, 0.717) is 0 Å². The number of aliphatic hydroxyl groups is 4. The minimum atomic E-state index is -3.93. The molecule has 1 aliphatic heterocycles. The molecule has 1 aliphatic rings. The molecule has 0 aromatic heterocycles. The highest BCUT2D eigenvalue weighted by Crippen LogP contribution is 2.61. The van der Waals surface area contributed by atoms with Crippen LogP contribution in [0.2, 0.25) is 0 Å². The van der Waals surface area contributed by atoms with E-state index in [0.717, 1.165) is 24.3 Å². The third-order valence-corrected chi connectivity index (χ3v) is 7.55. The lowest BCUT2D eigenvalue weighted by Gasteiger charge is -2.43. The SMILES string of the molecule is [C-]#[N+][C@@]1(O)O[C@](Cl)(C(O)(Cl)C(=O)c2ccccc2)[C@](O)(C(=O)c2ccccc2)[C@]1(O)C(=O)c1ccccc1. The monoisotopic (exact) mass is 555 g/mol. The van der Waals surface area contributed by atoms with Crippen LogP contribution in [0.1, 0.15) is 31.1 Å². The maximum absolute atomic E-state index is 13.9. The largest absolute Gasteiger partial charge is 0.498 e. The summed E-state index contributed by atoms with van der Waals surface area (Å²) in [5.74, 6) is -8.41. The molecule has 5 atom stereocenters. The Kier molecular flexibility index (Phi) is 6.80. The number of nitrogens with zero attached hydrogens (tertiary/aromatic N) is 1. The number of ether oxygens (including phenoxy) is 1. The zero-order valence-corrected chi connectivity index (χ0v) is 20.8. The predicted octanol–water partition coefficient (Wildman–Crippen LogP) is 2.56. The van der Waals surface area contributed by atoms with Crippen molar-refractivity contribution in [3.05, 3.63) is 119 Å². The van der Waals surface area contributed by atoms with Crippen molar-refractivity contribution in [2.75, 3.05) is 0 Å². The van der Waals surface area contributed by atoms with Crippen molar-refractivity contribution < 1.29 is 39.5 Å². The van der Waals surface area contributed by atoms with Gasteiger partial charge in [-0.1, -0.05) is 114 Å². The first-order chi connectivity index (χ1) is 17.8. The van der Waals surface area contributed by atoms with Gasteiger partial charge in [-0.15, -0.1) is 0 Å². The molecule has 0 radical (unpaired) electrons. The molecule has 9 nitrogen and oxygen atoms in total. The molecule has 0 bridgehead atoms. The molecule has 0 saturated carbocycles. The maximum Gasteiger partial charge on any atom is 0.498 e. The number of hydrogen-bond donors (Lipinski definition) is 4. The fourth-order valence-corrected chi connectivity index (χ4v) is 5.07. The quantitative estimate of drug-likeness (QED) is 0.197. The molecule has 38 heavy (non-hydrogen) atoms.